The standard InChI is InChI=1S/C10H14ClNO4/c1-3-5-8(13)15-6-10(4-2)7-16-9(14)12(10)11/h3,5H,4,6-7H2,1-2H3/b5-3+. The molecule has 1 saturated heterocycles. The summed E-state index contributed by atoms with van der Waals surface area (Å²) in [6.07, 6.45) is 2.83. The van der Waals surface area contributed by atoms with Gasteiger partial charge in [0, 0.05) is 17.9 Å². The Kier molecular flexibility index (Phi) is 4.18. The van der Waals surface area contributed by atoms with Crippen molar-refractivity contribution in [2.24, 2.45) is 0 Å². The zero-order valence-corrected chi connectivity index (χ0v) is 9.99. The summed E-state index contributed by atoms with van der Waals surface area (Å²) in [7, 11) is 0. The van der Waals surface area contributed by atoms with Crippen LogP contribution in [0.4, 0.5) is 4.79 Å². The minimum atomic E-state index is -0.754. The van der Waals surface area contributed by atoms with Gasteiger partial charge in [-0.25, -0.2) is 14.0 Å². The smallest absolute Gasteiger partial charge is 0.425 e. The van der Waals surface area contributed by atoms with Crippen LogP contribution in [0.25, 0.3) is 0 Å². The third-order valence-corrected chi connectivity index (χ3v) is 2.98. The Hall–Kier alpha value is -1.23. The molecule has 1 rings (SSSR count). The Labute approximate surface area is 99.1 Å². The van der Waals surface area contributed by atoms with Crippen molar-refractivity contribution in [2.45, 2.75) is 25.8 Å². The maximum Gasteiger partial charge on any atom is 0.425 e. The zero-order valence-electron chi connectivity index (χ0n) is 9.23. The van der Waals surface area contributed by atoms with Crippen molar-refractivity contribution in [1.82, 2.24) is 4.42 Å². The second kappa shape index (κ2) is 5.21. The highest BCUT2D eigenvalue weighted by atomic mass is 35.5. The number of amides is 1. The molecule has 1 amide bonds. The number of hydrogen-bond acceptors (Lipinski definition) is 4. The number of rotatable bonds is 4. The molecule has 0 aromatic heterocycles. The van der Waals surface area contributed by atoms with Crippen molar-refractivity contribution in [3.05, 3.63) is 12.2 Å². The molecule has 0 radical (unpaired) electrons. The van der Waals surface area contributed by atoms with Crippen LogP contribution in [0.15, 0.2) is 12.2 Å². The topological polar surface area (TPSA) is 55.8 Å². The normalized spacial score (nSPS) is 24.9. The van der Waals surface area contributed by atoms with E-state index >= 15 is 0 Å². The van der Waals surface area contributed by atoms with Crippen LogP contribution in [0.3, 0.4) is 0 Å². The molecule has 1 aliphatic heterocycles. The van der Waals surface area contributed by atoms with Crippen LogP contribution in [0.5, 0.6) is 0 Å². The monoisotopic (exact) mass is 247 g/mol. The third-order valence-electron chi connectivity index (χ3n) is 2.49. The van der Waals surface area contributed by atoms with E-state index in [1.807, 2.05) is 6.92 Å². The summed E-state index contributed by atoms with van der Waals surface area (Å²) in [5.41, 5.74) is -0.754. The third kappa shape index (κ3) is 2.47. The molecule has 5 nitrogen and oxygen atoms in total. The van der Waals surface area contributed by atoms with E-state index in [1.54, 1.807) is 13.0 Å². The molecule has 16 heavy (non-hydrogen) atoms. The average molecular weight is 248 g/mol. The van der Waals surface area contributed by atoms with Crippen molar-refractivity contribution in [1.29, 1.82) is 0 Å². The lowest BCUT2D eigenvalue weighted by molar-refractivity contribution is -0.140. The maximum absolute atomic E-state index is 11.1. The molecule has 1 aliphatic rings. The number of nitrogens with zero attached hydrogens (tertiary/aromatic N) is 1. The first-order valence-electron chi connectivity index (χ1n) is 4.98. The molecular weight excluding hydrogens is 234 g/mol. The molecule has 1 unspecified atom stereocenters. The molecule has 0 aromatic carbocycles. The molecule has 0 bridgehead atoms. The number of esters is 1. The van der Waals surface area contributed by atoms with Gasteiger partial charge in [0.15, 0.2) is 0 Å². The lowest BCUT2D eigenvalue weighted by Gasteiger charge is -2.28. The first-order valence-corrected chi connectivity index (χ1v) is 5.32. The predicted octanol–water partition coefficient (Wildman–Crippen LogP) is 1.86. The summed E-state index contributed by atoms with van der Waals surface area (Å²) in [5, 5.41) is 0. The fourth-order valence-electron chi connectivity index (χ4n) is 1.33. The van der Waals surface area contributed by atoms with Crippen molar-refractivity contribution < 1.29 is 19.1 Å². The van der Waals surface area contributed by atoms with Crippen molar-refractivity contribution >= 4 is 23.8 Å². The maximum atomic E-state index is 11.1. The quantitative estimate of drug-likeness (QED) is 0.432. The minimum Gasteiger partial charge on any atom is -0.460 e. The van der Waals surface area contributed by atoms with Gasteiger partial charge in [0.25, 0.3) is 0 Å². The zero-order chi connectivity index (χ0) is 12.2. The lowest BCUT2D eigenvalue weighted by Crippen LogP contribution is -2.46. The van der Waals surface area contributed by atoms with Gasteiger partial charge in [-0.05, 0) is 13.3 Å². The number of cyclic esters (lactones) is 1. The second-order valence-electron chi connectivity index (χ2n) is 3.52. The molecule has 1 fully saturated rings. The van der Waals surface area contributed by atoms with E-state index in [2.05, 4.69) is 0 Å². The van der Waals surface area contributed by atoms with Gasteiger partial charge in [0.1, 0.15) is 18.8 Å². The van der Waals surface area contributed by atoms with Crippen molar-refractivity contribution in [3.8, 4) is 0 Å². The summed E-state index contributed by atoms with van der Waals surface area (Å²) < 4.78 is 10.8. The Balaban J connectivity index is 2.62. The Morgan fingerprint density at radius 3 is 2.88 bits per heavy atom. The molecule has 1 heterocycles. The van der Waals surface area contributed by atoms with Crippen LogP contribution in [-0.4, -0.2) is 35.2 Å². The molecule has 0 saturated carbocycles. The summed E-state index contributed by atoms with van der Waals surface area (Å²) >= 11 is 5.80. The highest BCUT2D eigenvalue weighted by Crippen LogP contribution is 2.30. The van der Waals surface area contributed by atoms with Gasteiger partial charge in [-0.2, -0.15) is 0 Å². The Morgan fingerprint density at radius 2 is 2.44 bits per heavy atom. The van der Waals surface area contributed by atoms with Crippen LogP contribution in [0, 0.1) is 0 Å². The van der Waals surface area contributed by atoms with Gasteiger partial charge in [0.05, 0.1) is 0 Å². The minimum absolute atomic E-state index is 0.0297. The molecule has 0 spiro atoms. The first-order chi connectivity index (χ1) is 7.55. The number of hydrogen-bond donors (Lipinski definition) is 0. The van der Waals surface area contributed by atoms with Gasteiger partial charge in [-0.1, -0.05) is 13.0 Å². The van der Waals surface area contributed by atoms with Gasteiger partial charge >= 0.3 is 12.1 Å². The molecule has 1 atom stereocenters. The number of carbonyl (C=O) groups is 2. The van der Waals surface area contributed by atoms with Crippen LogP contribution >= 0.6 is 11.8 Å². The summed E-state index contributed by atoms with van der Waals surface area (Å²) in [5.74, 6) is -0.459. The van der Waals surface area contributed by atoms with Crippen LogP contribution < -0.4 is 0 Å². The second-order valence-corrected chi connectivity index (χ2v) is 3.86. The highest BCUT2D eigenvalue weighted by Gasteiger charge is 2.47. The van der Waals surface area contributed by atoms with E-state index in [4.69, 9.17) is 21.3 Å². The molecule has 0 aromatic rings. The van der Waals surface area contributed by atoms with Gasteiger partial charge in [-0.15, -0.1) is 0 Å². The van der Waals surface area contributed by atoms with Crippen LogP contribution in [-0.2, 0) is 14.3 Å². The summed E-state index contributed by atoms with van der Waals surface area (Å²) in [4.78, 5) is 22.3. The number of ether oxygens (including phenoxy) is 2. The van der Waals surface area contributed by atoms with E-state index < -0.39 is 17.6 Å². The number of carbonyl (C=O) groups excluding carboxylic acids is 2. The number of allylic oxidation sites excluding steroid dienone is 1. The van der Waals surface area contributed by atoms with Crippen LogP contribution in [0.1, 0.15) is 20.3 Å². The van der Waals surface area contributed by atoms with Crippen molar-refractivity contribution in [2.75, 3.05) is 13.2 Å². The largest absolute Gasteiger partial charge is 0.460 e. The fraction of sp³-hybridized carbons (Fsp3) is 0.600. The molecule has 6 heteroatoms. The van der Waals surface area contributed by atoms with E-state index in [-0.39, 0.29) is 13.2 Å². The van der Waals surface area contributed by atoms with E-state index in [9.17, 15) is 9.59 Å². The van der Waals surface area contributed by atoms with Gasteiger partial charge < -0.3 is 9.47 Å². The molecule has 0 N–H and O–H groups in total. The van der Waals surface area contributed by atoms with Crippen LogP contribution in [0.2, 0.25) is 0 Å². The fourth-order valence-corrected chi connectivity index (χ4v) is 1.60. The first kappa shape index (κ1) is 12.8. The summed E-state index contributed by atoms with van der Waals surface area (Å²) in [6.45, 7) is 3.73. The molecular formula is C10H14ClNO4. The van der Waals surface area contributed by atoms with E-state index in [0.717, 1.165) is 4.42 Å². The summed E-state index contributed by atoms with van der Waals surface area (Å²) in [6, 6.07) is 0. The highest BCUT2D eigenvalue weighted by molar-refractivity contribution is 6.21. The molecule has 90 valence electrons. The Morgan fingerprint density at radius 1 is 1.75 bits per heavy atom. The predicted molar refractivity (Wildman–Crippen MR) is 57.8 cm³/mol. The van der Waals surface area contributed by atoms with Gasteiger partial charge in [-0.3, -0.25) is 0 Å². The number of halogens is 1. The van der Waals surface area contributed by atoms with Gasteiger partial charge in [0.2, 0.25) is 0 Å². The Bertz CT molecular complexity index is 318. The van der Waals surface area contributed by atoms with Crippen molar-refractivity contribution in [3.63, 3.8) is 0 Å². The van der Waals surface area contributed by atoms with E-state index in [0.29, 0.717) is 6.42 Å². The lowest BCUT2D eigenvalue weighted by atomic mass is 10.00. The SMILES string of the molecule is C/C=C/C(=O)OCC1(CC)COC(=O)N1Cl. The molecule has 0 aliphatic carbocycles. The van der Waals surface area contributed by atoms with E-state index in [1.165, 1.54) is 6.08 Å². The average Bonchev–Trinajstić information content (AvgIpc) is 2.55.